The van der Waals surface area contributed by atoms with Crippen LogP contribution in [0.2, 0.25) is 0 Å². The second-order valence-corrected chi connectivity index (χ2v) is 12.6. The normalized spacial score (nSPS) is 23.0. The molecule has 2 heterocycles. The molecule has 218 valence electrons. The Kier molecular flexibility index (Phi) is 10.2. The van der Waals surface area contributed by atoms with Crippen LogP contribution in [-0.4, -0.2) is 53.3 Å². The van der Waals surface area contributed by atoms with Gasteiger partial charge in [0, 0.05) is 42.7 Å². The fourth-order valence-electron chi connectivity index (χ4n) is 6.43. The Labute approximate surface area is 246 Å². The Bertz CT molecular complexity index is 1250. The second kappa shape index (κ2) is 14.2. The highest BCUT2D eigenvalue weighted by molar-refractivity contribution is 7.09. The second-order valence-electron chi connectivity index (χ2n) is 11.5. The highest BCUT2D eigenvalue weighted by atomic mass is 32.1. The minimum absolute atomic E-state index is 0.101. The molecule has 3 unspecified atom stereocenters. The summed E-state index contributed by atoms with van der Waals surface area (Å²) in [6, 6.07) is 19.8. The Balaban J connectivity index is 1.35. The first-order valence-electron chi connectivity index (χ1n) is 14.8. The van der Waals surface area contributed by atoms with E-state index >= 15 is 0 Å². The minimum Gasteiger partial charge on any atom is -0.354 e. The van der Waals surface area contributed by atoms with E-state index in [0.717, 1.165) is 45.2 Å². The number of nitrogens with one attached hydrogen (secondary N) is 1. The summed E-state index contributed by atoms with van der Waals surface area (Å²) >= 11 is 1.74. The molecule has 1 saturated heterocycles. The maximum Gasteiger partial charge on any atom is 0.254 e. The number of halogens is 1. The van der Waals surface area contributed by atoms with Crippen molar-refractivity contribution in [2.45, 2.75) is 63.7 Å². The molecule has 2 aliphatic rings. The highest BCUT2D eigenvalue weighted by Crippen LogP contribution is 2.30. The number of hydrogen-bond acceptors (Lipinski definition) is 5. The summed E-state index contributed by atoms with van der Waals surface area (Å²) in [7, 11) is 0. The van der Waals surface area contributed by atoms with Crippen LogP contribution < -0.4 is 11.1 Å². The first-order valence-corrected chi connectivity index (χ1v) is 15.7. The molecule has 4 atom stereocenters. The summed E-state index contributed by atoms with van der Waals surface area (Å²) in [5, 5.41) is 5.31. The molecule has 3 N–H and O–H groups in total. The number of carbonyl (C=O) groups is 2. The van der Waals surface area contributed by atoms with Gasteiger partial charge in [-0.15, -0.1) is 11.3 Å². The Hall–Kier alpha value is -3.07. The molecule has 1 aromatic heterocycles. The Morgan fingerprint density at radius 2 is 1.73 bits per heavy atom. The number of nitrogens with zero attached hydrogens (tertiary/aromatic N) is 2. The molecule has 41 heavy (non-hydrogen) atoms. The van der Waals surface area contributed by atoms with Crippen molar-refractivity contribution in [3.05, 3.63) is 93.9 Å². The van der Waals surface area contributed by atoms with Gasteiger partial charge in [0.2, 0.25) is 5.91 Å². The van der Waals surface area contributed by atoms with E-state index in [2.05, 4.69) is 52.0 Å². The molecule has 3 aromatic rings. The summed E-state index contributed by atoms with van der Waals surface area (Å²) in [4.78, 5) is 32.9. The van der Waals surface area contributed by atoms with Crippen molar-refractivity contribution in [3.8, 4) is 0 Å². The first-order chi connectivity index (χ1) is 20.0. The predicted molar refractivity (Wildman–Crippen MR) is 162 cm³/mol. The van der Waals surface area contributed by atoms with E-state index in [1.54, 1.807) is 16.2 Å². The third-order valence-corrected chi connectivity index (χ3v) is 9.56. The Morgan fingerprint density at radius 1 is 0.951 bits per heavy atom. The van der Waals surface area contributed by atoms with Gasteiger partial charge in [0.25, 0.3) is 5.91 Å². The Morgan fingerprint density at radius 3 is 2.46 bits per heavy atom. The number of piperidine rings is 1. The monoisotopic (exact) mass is 576 g/mol. The number of benzene rings is 2. The average molecular weight is 577 g/mol. The molecule has 8 heteroatoms. The van der Waals surface area contributed by atoms with E-state index in [1.165, 1.54) is 34.7 Å². The lowest BCUT2D eigenvalue weighted by Gasteiger charge is -2.43. The van der Waals surface area contributed by atoms with Gasteiger partial charge in [0.15, 0.2) is 0 Å². The van der Waals surface area contributed by atoms with Crippen LogP contribution in [0.1, 0.15) is 59.3 Å². The molecule has 1 aliphatic carbocycles. The zero-order valence-electron chi connectivity index (χ0n) is 23.6. The SMILES string of the molecule is NCC1CCCC(CNC(=O)[C@H]2CC(N(Cc3ccccc3)Cc3cccs3)CCN2C(=O)c2ccc(F)cc2)C1. The third kappa shape index (κ3) is 7.82. The van der Waals surface area contributed by atoms with Crippen LogP contribution in [-0.2, 0) is 17.9 Å². The van der Waals surface area contributed by atoms with Gasteiger partial charge in [-0.3, -0.25) is 14.5 Å². The third-order valence-electron chi connectivity index (χ3n) is 8.70. The quantitative estimate of drug-likeness (QED) is 0.337. The van der Waals surface area contributed by atoms with E-state index in [-0.39, 0.29) is 23.7 Å². The van der Waals surface area contributed by atoms with Gasteiger partial charge < -0.3 is 16.0 Å². The van der Waals surface area contributed by atoms with Gasteiger partial charge >= 0.3 is 0 Å². The van der Waals surface area contributed by atoms with E-state index in [4.69, 9.17) is 5.73 Å². The van der Waals surface area contributed by atoms with Crippen molar-refractivity contribution < 1.29 is 14.0 Å². The van der Waals surface area contributed by atoms with Crippen molar-refractivity contribution in [2.75, 3.05) is 19.6 Å². The lowest BCUT2D eigenvalue weighted by atomic mass is 9.81. The molecule has 5 rings (SSSR count). The summed E-state index contributed by atoms with van der Waals surface area (Å²) in [6.45, 7) is 3.33. The van der Waals surface area contributed by atoms with E-state index in [9.17, 15) is 14.0 Å². The number of carbonyl (C=O) groups excluding carboxylic acids is 2. The average Bonchev–Trinajstić information content (AvgIpc) is 3.53. The highest BCUT2D eigenvalue weighted by Gasteiger charge is 2.39. The maximum absolute atomic E-state index is 13.8. The number of nitrogens with two attached hydrogens (primary N) is 1. The van der Waals surface area contributed by atoms with E-state index in [1.807, 2.05) is 6.07 Å². The van der Waals surface area contributed by atoms with Gasteiger partial charge in [-0.2, -0.15) is 0 Å². The van der Waals surface area contributed by atoms with Crippen molar-refractivity contribution in [3.63, 3.8) is 0 Å². The summed E-state index contributed by atoms with van der Waals surface area (Å²) in [6.07, 6.45) is 5.73. The molecule has 2 fully saturated rings. The number of thiophene rings is 1. The molecule has 6 nitrogen and oxygen atoms in total. The van der Waals surface area contributed by atoms with Gasteiger partial charge in [-0.25, -0.2) is 4.39 Å². The van der Waals surface area contributed by atoms with Crippen molar-refractivity contribution in [1.29, 1.82) is 0 Å². The molecule has 2 amide bonds. The molecule has 0 bridgehead atoms. The number of rotatable bonds is 10. The standard InChI is InChI=1S/C33H41FN4O2S/c34-28-13-11-27(12-14-28)33(40)38-16-15-29(19-31(38)32(39)36-21-26-9-4-8-25(18-26)20-35)37(23-30-10-5-17-41-30)22-24-6-2-1-3-7-24/h1-3,5-7,10-14,17,25-26,29,31H,4,8-9,15-16,18-23,35H2,(H,36,39)/t25?,26?,29?,31-/m1/s1. The van der Waals surface area contributed by atoms with Crippen molar-refractivity contribution in [2.24, 2.45) is 17.6 Å². The lowest BCUT2D eigenvalue weighted by molar-refractivity contribution is -0.128. The molecular formula is C33H41FN4O2S. The van der Waals surface area contributed by atoms with Gasteiger partial charge in [0.05, 0.1) is 0 Å². The first kappa shape index (κ1) is 29.4. The molecule has 2 aromatic carbocycles. The van der Waals surface area contributed by atoms with Crippen LogP contribution in [0.15, 0.2) is 72.1 Å². The molecular weight excluding hydrogens is 535 g/mol. The zero-order chi connectivity index (χ0) is 28.6. The largest absolute Gasteiger partial charge is 0.354 e. The van der Waals surface area contributed by atoms with Crippen LogP contribution in [0.3, 0.4) is 0 Å². The summed E-state index contributed by atoms with van der Waals surface area (Å²) < 4.78 is 13.6. The van der Waals surface area contributed by atoms with Gasteiger partial charge in [-0.05, 0) is 91.8 Å². The van der Waals surface area contributed by atoms with Crippen molar-refractivity contribution in [1.82, 2.24) is 15.1 Å². The smallest absolute Gasteiger partial charge is 0.254 e. The van der Waals surface area contributed by atoms with Gasteiger partial charge in [-0.1, -0.05) is 42.8 Å². The van der Waals surface area contributed by atoms with Crippen LogP contribution >= 0.6 is 11.3 Å². The van der Waals surface area contributed by atoms with Crippen molar-refractivity contribution >= 4 is 23.2 Å². The van der Waals surface area contributed by atoms with E-state index < -0.39 is 6.04 Å². The van der Waals surface area contributed by atoms with Crippen LogP contribution in [0.25, 0.3) is 0 Å². The lowest BCUT2D eigenvalue weighted by Crippen LogP contribution is -2.57. The number of amides is 2. The zero-order valence-corrected chi connectivity index (χ0v) is 24.4. The van der Waals surface area contributed by atoms with Crippen LogP contribution in [0.5, 0.6) is 0 Å². The van der Waals surface area contributed by atoms with Crippen LogP contribution in [0.4, 0.5) is 4.39 Å². The summed E-state index contributed by atoms with van der Waals surface area (Å²) in [5.74, 6) is 0.219. The molecule has 0 radical (unpaired) electrons. The number of hydrogen-bond donors (Lipinski definition) is 2. The minimum atomic E-state index is -0.596. The van der Waals surface area contributed by atoms with E-state index in [0.29, 0.717) is 43.5 Å². The molecule has 1 saturated carbocycles. The summed E-state index contributed by atoms with van der Waals surface area (Å²) in [5.41, 5.74) is 7.57. The number of likely N-dealkylation sites (tertiary alicyclic amines) is 1. The van der Waals surface area contributed by atoms with Crippen LogP contribution in [0, 0.1) is 17.7 Å². The fourth-order valence-corrected chi connectivity index (χ4v) is 7.16. The maximum atomic E-state index is 13.8. The molecule has 1 aliphatic heterocycles. The fraction of sp³-hybridized carbons (Fsp3) is 0.455. The predicted octanol–water partition coefficient (Wildman–Crippen LogP) is 5.44. The van der Waals surface area contributed by atoms with Gasteiger partial charge in [0.1, 0.15) is 11.9 Å². The topological polar surface area (TPSA) is 78.7 Å². The molecule has 0 spiro atoms.